The number of carbonyl (C=O) groups excluding carboxylic acids is 2. The van der Waals surface area contributed by atoms with E-state index in [1.54, 1.807) is 65.8 Å². The van der Waals surface area contributed by atoms with Crippen molar-refractivity contribution in [2.45, 2.75) is 71.6 Å². The first-order chi connectivity index (χ1) is 15.5. The van der Waals surface area contributed by atoms with Gasteiger partial charge >= 0.3 is 12.1 Å². The Balaban J connectivity index is 2.35. The van der Waals surface area contributed by atoms with Crippen molar-refractivity contribution in [2.24, 2.45) is 0 Å². The van der Waals surface area contributed by atoms with Gasteiger partial charge in [0.1, 0.15) is 22.5 Å². The number of hydrogen-bond donors (Lipinski definition) is 1. The Morgan fingerprint density at radius 2 is 1.53 bits per heavy atom. The van der Waals surface area contributed by atoms with E-state index in [9.17, 15) is 14.0 Å². The molecule has 0 saturated carbocycles. The number of benzene rings is 2. The number of rotatable bonds is 6. The highest BCUT2D eigenvalue weighted by atomic mass is 127. The highest BCUT2D eigenvalue weighted by Gasteiger charge is 2.40. The summed E-state index contributed by atoms with van der Waals surface area (Å²) in [6.07, 6.45) is -0.809. The molecule has 1 atom stereocenters. The zero-order chi connectivity index (χ0) is 25.9. The molecule has 2 aromatic carbocycles. The SMILES string of the molecule is CC(C)(C)OC(=O)N[C@](C)(Cc1cc(F)c(Oc2ccc(Cl)cc2)cc1I)C(=O)OC(C)(C)C. The van der Waals surface area contributed by atoms with Crippen LogP contribution < -0.4 is 10.1 Å². The van der Waals surface area contributed by atoms with Crippen molar-refractivity contribution in [1.29, 1.82) is 0 Å². The highest BCUT2D eigenvalue weighted by Crippen LogP contribution is 2.31. The lowest BCUT2D eigenvalue weighted by molar-refractivity contribution is -0.162. The normalized spacial score (nSPS) is 13.6. The van der Waals surface area contributed by atoms with Gasteiger partial charge in [0.25, 0.3) is 0 Å². The number of ether oxygens (including phenoxy) is 3. The summed E-state index contributed by atoms with van der Waals surface area (Å²) in [7, 11) is 0. The number of nitrogens with one attached hydrogen (secondary N) is 1. The van der Waals surface area contributed by atoms with Gasteiger partial charge in [0.15, 0.2) is 11.6 Å². The molecular formula is C25H30ClFINO5. The molecule has 0 aromatic heterocycles. The van der Waals surface area contributed by atoms with E-state index in [0.717, 1.165) is 0 Å². The lowest BCUT2D eigenvalue weighted by Crippen LogP contribution is -2.56. The summed E-state index contributed by atoms with van der Waals surface area (Å²) in [6, 6.07) is 9.36. The molecule has 34 heavy (non-hydrogen) atoms. The van der Waals surface area contributed by atoms with Crippen LogP contribution >= 0.6 is 34.2 Å². The second-order valence-corrected chi connectivity index (χ2v) is 11.7. The Bertz CT molecular complexity index is 1050. The van der Waals surface area contributed by atoms with Crippen LogP contribution in [-0.2, 0) is 20.7 Å². The molecule has 0 aliphatic rings. The third-order valence-electron chi connectivity index (χ3n) is 4.31. The second kappa shape index (κ2) is 10.7. The Morgan fingerprint density at radius 1 is 0.971 bits per heavy atom. The maximum Gasteiger partial charge on any atom is 0.408 e. The van der Waals surface area contributed by atoms with Gasteiger partial charge in [-0.1, -0.05) is 11.6 Å². The van der Waals surface area contributed by atoms with Gasteiger partial charge in [-0.2, -0.15) is 0 Å². The number of amides is 1. The van der Waals surface area contributed by atoms with E-state index < -0.39 is 34.6 Å². The van der Waals surface area contributed by atoms with Crippen LogP contribution in [0.3, 0.4) is 0 Å². The van der Waals surface area contributed by atoms with Crippen molar-refractivity contribution in [1.82, 2.24) is 5.32 Å². The van der Waals surface area contributed by atoms with Crippen LogP contribution in [0.4, 0.5) is 9.18 Å². The van der Waals surface area contributed by atoms with Crippen LogP contribution in [0, 0.1) is 9.39 Å². The lowest BCUT2D eigenvalue weighted by atomic mass is 9.92. The van der Waals surface area contributed by atoms with Gasteiger partial charge in [-0.25, -0.2) is 14.0 Å². The van der Waals surface area contributed by atoms with Gasteiger partial charge in [-0.3, -0.25) is 0 Å². The molecule has 1 amide bonds. The monoisotopic (exact) mass is 605 g/mol. The Kier molecular flexibility index (Phi) is 8.85. The lowest BCUT2D eigenvalue weighted by Gasteiger charge is -2.33. The predicted octanol–water partition coefficient (Wildman–Crippen LogP) is 7.04. The van der Waals surface area contributed by atoms with Crippen molar-refractivity contribution in [2.75, 3.05) is 0 Å². The summed E-state index contributed by atoms with van der Waals surface area (Å²) < 4.78 is 32.1. The van der Waals surface area contributed by atoms with Gasteiger partial charge < -0.3 is 19.5 Å². The molecule has 0 aliphatic carbocycles. The molecule has 0 bridgehead atoms. The van der Waals surface area contributed by atoms with E-state index in [0.29, 0.717) is 19.9 Å². The molecule has 6 nitrogen and oxygen atoms in total. The van der Waals surface area contributed by atoms with Crippen LogP contribution in [-0.4, -0.2) is 28.8 Å². The Labute approximate surface area is 218 Å². The summed E-state index contributed by atoms with van der Waals surface area (Å²) in [4.78, 5) is 25.6. The van der Waals surface area contributed by atoms with E-state index in [-0.39, 0.29) is 12.2 Å². The molecule has 0 spiro atoms. The fourth-order valence-electron chi connectivity index (χ4n) is 2.88. The first-order valence-electron chi connectivity index (χ1n) is 10.6. The van der Waals surface area contributed by atoms with Gasteiger partial charge in [0.2, 0.25) is 0 Å². The molecule has 0 heterocycles. The van der Waals surface area contributed by atoms with E-state index in [1.807, 2.05) is 22.6 Å². The van der Waals surface area contributed by atoms with E-state index >= 15 is 0 Å². The van der Waals surface area contributed by atoms with Crippen LogP contribution in [0.15, 0.2) is 36.4 Å². The van der Waals surface area contributed by atoms with Gasteiger partial charge in [0, 0.05) is 15.0 Å². The van der Waals surface area contributed by atoms with Crippen LogP contribution in [0.1, 0.15) is 54.0 Å². The maximum atomic E-state index is 14.9. The molecule has 186 valence electrons. The van der Waals surface area contributed by atoms with Gasteiger partial charge in [-0.15, -0.1) is 0 Å². The van der Waals surface area contributed by atoms with E-state index in [1.165, 1.54) is 19.1 Å². The molecule has 0 unspecified atom stereocenters. The third kappa shape index (κ3) is 8.61. The van der Waals surface area contributed by atoms with Gasteiger partial charge in [-0.05, 0) is 113 Å². The zero-order valence-corrected chi connectivity index (χ0v) is 23.3. The molecular weight excluding hydrogens is 576 g/mol. The summed E-state index contributed by atoms with van der Waals surface area (Å²) in [6.45, 7) is 11.9. The smallest absolute Gasteiger partial charge is 0.408 e. The minimum atomic E-state index is -1.51. The predicted molar refractivity (Wildman–Crippen MR) is 138 cm³/mol. The number of carbonyl (C=O) groups is 2. The minimum Gasteiger partial charge on any atom is -0.458 e. The summed E-state index contributed by atoms with van der Waals surface area (Å²) >= 11 is 7.92. The third-order valence-corrected chi connectivity index (χ3v) is 5.57. The van der Waals surface area contributed by atoms with E-state index in [4.69, 9.17) is 25.8 Å². The molecule has 2 rings (SSSR count). The van der Waals surface area contributed by atoms with Crippen LogP contribution in [0.25, 0.3) is 0 Å². The van der Waals surface area contributed by atoms with Crippen molar-refractivity contribution >= 4 is 46.3 Å². The number of esters is 1. The largest absolute Gasteiger partial charge is 0.458 e. The molecule has 0 aliphatic heterocycles. The van der Waals surface area contributed by atoms with Crippen LogP contribution in [0.5, 0.6) is 11.5 Å². The summed E-state index contributed by atoms with van der Waals surface area (Å²) in [5.74, 6) is -0.829. The van der Waals surface area contributed by atoms with Gasteiger partial charge in [0.05, 0.1) is 0 Å². The zero-order valence-electron chi connectivity index (χ0n) is 20.3. The highest BCUT2D eigenvalue weighted by molar-refractivity contribution is 14.1. The fraction of sp³-hybridized carbons (Fsp3) is 0.440. The molecule has 0 saturated heterocycles. The summed E-state index contributed by atoms with van der Waals surface area (Å²) in [5.41, 5.74) is -2.57. The minimum absolute atomic E-state index is 0.0227. The number of halogens is 3. The molecule has 0 radical (unpaired) electrons. The molecule has 9 heteroatoms. The molecule has 0 fully saturated rings. The molecule has 2 aromatic rings. The average Bonchev–Trinajstić information content (AvgIpc) is 2.64. The number of alkyl carbamates (subject to hydrolysis) is 1. The van der Waals surface area contributed by atoms with Crippen molar-refractivity contribution in [3.63, 3.8) is 0 Å². The van der Waals surface area contributed by atoms with Crippen molar-refractivity contribution in [3.8, 4) is 11.5 Å². The van der Waals surface area contributed by atoms with Crippen molar-refractivity contribution < 1.29 is 28.2 Å². The summed E-state index contributed by atoms with van der Waals surface area (Å²) in [5, 5.41) is 3.16. The van der Waals surface area contributed by atoms with Crippen LogP contribution in [0.2, 0.25) is 5.02 Å². The maximum absolute atomic E-state index is 14.9. The average molecular weight is 606 g/mol. The quantitative estimate of drug-likeness (QED) is 0.282. The topological polar surface area (TPSA) is 73.9 Å². The second-order valence-electron chi connectivity index (χ2n) is 10.1. The number of hydrogen-bond acceptors (Lipinski definition) is 5. The first-order valence-corrected chi connectivity index (χ1v) is 12.1. The Hall–Kier alpha value is -2.07. The Morgan fingerprint density at radius 3 is 2.06 bits per heavy atom. The standard InChI is InChI=1S/C25H30ClFINO5/c1-23(2,3)33-21(30)25(7,29-22(31)34-24(4,5)6)14-15-12-18(27)20(13-19(15)28)32-17-10-8-16(26)9-11-17/h8-13H,14H2,1-7H3,(H,29,31)/t25-/m1/s1. The van der Waals surface area contributed by atoms with Crippen molar-refractivity contribution in [3.05, 3.63) is 56.4 Å². The van der Waals surface area contributed by atoms with E-state index in [2.05, 4.69) is 5.32 Å². The first kappa shape index (κ1) is 28.2. The molecule has 1 N–H and O–H groups in total. The fourth-order valence-corrected chi connectivity index (χ4v) is 3.64.